The van der Waals surface area contributed by atoms with Crippen LogP contribution in [-0.2, 0) is 9.53 Å². The van der Waals surface area contributed by atoms with Gasteiger partial charge in [-0.25, -0.2) is 9.78 Å². The normalized spacial score (nSPS) is 21.1. The Balaban J connectivity index is 1.74. The quantitative estimate of drug-likeness (QED) is 0.904. The molecule has 1 aromatic heterocycles. The van der Waals surface area contributed by atoms with E-state index in [2.05, 4.69) is 10.3 Å². The molecule has 7 heteroatoms. The van der Waals surface area contributed by atoms with Crippen LogP contribution >= 0.6 is 11.3 Å². The van der Waals surface area contributed by atoms with Gasteiger partial charge in [0, 0.05) is 13.0 Å². The number of amides is 1. The number of nitrogens with one attached hydrogen (secondary N) is 1. The zero-order valence-corrected chi connectivity index (χ0v) is 12.9. The van der Waals surface area contributed by atoms with Crippen molar-refractivity contribution in [3.05, 3.63) is 23.8 Å². The average Bonchev–Trinajstić information content (AvgIpc) is 3.12. The minimum absolute atomic E-state index is 0.0444. The summed E-state index contributed by atoms with van der Waals surface area (Å²) in [5.74, 6) is -1.07. The first kappa shape index (κ1) is 14.9. The maximum Gasteiger partial charge on any atom is 0.335 e. The molecule has 1 fully saturated rings. The summed E-state index contributed by atoms with van der Waals surface area (Å²) in [5, 5.41) is 12.3. The van der Waals surface area contributed by atoms with Crippen LogP contribution in [0, 0.1) is 5.92 Å². The summed E-state index contributed by atoms with van der Waals surface area (Å²) < 4.78 is 6.02. The number of carboxylic acids is 1. The van der Waals surface area contributed by atoms with Crippen molar-refractivity contribution in [2.75, 3.05) is 12.4 Å². The van der Waals surface area contributed by atoms with Crippen LogP contribution in [0.2, 0.25) is 0 Å². The molecule has 6 nitrogen and oxygen atoms in total. The Morgan fingerprint density at radius 3 is 2.91 bits per heavy atom. The van der Waals surface area contributed by atoms with Crippen LogP contribution in [-0.4, -0.2) is 35.2 Å². The number of hydrogen-bond donors (Lipinski definition) is 2. The van der Waals surface area contributed by atoms with E-state index in [9.17, 15) is 9.59 Å². The van der Waals surface area contributed by atoms with Gasteiger partial charge < -0.3 is 15.2 Å². The molecule has 0 aliphatic heterocycles. The lowest BCUT2D eigenvalue weighted by Gasteiger charge is -2.09. The Morgan fingerprint density at radius 2 is 2.23 bits per heavy atom. The monoisotopic (exact) mass is 320 g/mol. The first-order valence-electron chi connectivity index (χ1n) is 7.04. The lowest BCUT2D eigenvalue weighted by atomic mass is 10.1. The third-order valence-corrected chi connectivity index (χ3v) is 4.89. The van der Waals surface area contributed by atoms with Gasteiger partial charge in [0.25, 0.3) is 0 Å². The average molecular weight is 320 g/mol. The van der Waals surface area contributed by atoms with Crippen LogP contribution < -0.4 is 5.32 Å². The van der Waals surface area contributed by atoms with Gasteiger partial charge in [-0.05, 0) is 37.5 Å². The molecule has 3 rings (SSSR count). The molecule has 22 heavy (non-hydrogen) atoms. The van der Waals surface area contributed by atoms with E-state index in [0.29, 0.717) is 10.6 Å². The highest BCUT2D eigenvalue weighted by Crippen LogP contribution is 2.31. The number of carboxylic acid groups (broad SMARTS) is 1. The van der Waals surface area contributed by atoms with Crippen molar-refractivity contribution in [2.24, 2.45) is 5.92 Å². The van der Waals surface area contributed by atoms with Gasteiger partial charge in [-0.1, -0.05) is 11.3 Å². The van der Waals surface area contributed by atoms with Crippen molar-refractivity contribution in [1.82, 2.24) is 4.98 Å². The van der Waals surface area contributed by atoms with Gasteiger partial charge in [-0.15, -0.1) is 0 Å². The summed E-state index contributed by atoms with van der Waals surface area (Å²) >= 11 is 1.28. The Morgan fingerprint density at radius 1 is 1.41 bits per heavy atom. The Bertz CT molecular complexity index is 727. The molecule has 0 bridgehead atoms. The molecule has 116 valence electrons. The van der Waals surface area contributed by atoms with Gasteiger partial charge in [0.15, 0.2) is 5.13 Å². The SMILES string of the molecule is COC1CCC(C(=O)Nc2nc3ccc(C(=O)O)cc3s2)C1. The number of fused-ring (bicyclic) bond motifs is 1. The number of ether oxygens (including phenoxy) is 1. The number of aromatic carboxylic acids is 1. The largest absolute Gasteiger partial charge is 0.478 e. The lowest BCUT2D eigenvalue weighted by Crippen LogP contribution is -2.21. The van der Waals surface area contributed by atoms with Gasteiger partial charge in [0.05, 0.1) is 21.9 Å². The van der Waals surface area contributed by atoms with Gasteiger partial charge in [0.2, 0.25) is 5.91 Å². The van der Waals surface area contributed by atoms with Crippen molar-refractivity contribution in [3.8, 4) is 0 Å². The maximum absolute atomic E-state index is 12.2. The molecule has 1 aromatic carbocycles. The van der Waals surface area contributed by atoms with E-state index in [4.69, 9.17) is 9.84 Å². The molecule has 1 amide bonds. The molecule has 1 aliphatic carbocycles. The molecule has 0 spiro atoms. The van der Waals surface area contributed by atoms with Crippen molar-refractivity contribution in [3.63, 3.8) is 0 Å². The highest BCUT2D eigenvalue weighted by Gasteiger charge is 2.30. The molecule has 2 N–H and O–H groups in total. The lowest BCUT2D eigenvalue weighted by molar-refractivity contribution is -0.119. The van der Waals surface area contributed by atoms with Crippen molar-refractivity contribution in [2.45, 2.75) is 25.4 Å². The second-order valence-electron chi connectivity index (χ2n) is 5.36. The number of carbonyl (C=O) groups is 2. The van der Waals surface area contributed by atoms with Crippen LogP contribution in [0.1, 0.15) is 29.6 Å². The molecular weight excluding hydrogens is 304 g/mol. The van der Waals surface area contributed by atoms with Crippen LogP contribution in [0.4, 0.5) is 5.13 Å². The second-order valence-corrected chi connectivity index (χ2v) is 6.39. The Kier molecular flexibility index (Phi) is 4.08. The number of aromatic nitrogens is 1. The van der Waals surface area contributed by atoms with E-state index in [1.54, 1.807) is 19.2 Å². The van der Waals surface area contributed by atoms with E-state index in [1.165, 1.54) is 17.4 Å². The minimum atomic E-state index is -0.975. The van der Waals surface area contributed by atoms with Crippen molar-refractivity contribution >= 4 is 38.6 Å². The highest BCUT2D eigenvalue weighted by atomic mass is 32.1. The van der Waals surface area contributed by atoms with E-state index < -0.39 is 5.97 Å². The molecule has 1 aliphatic rings. The fourth-order valence-electron chi connectivity index (χ4n) is 2.71. The first-order valence-corrected chi connectivity index (χ1v) is 7.86. The minimum Gasteiger partial charge on any atom is -0.478 e. The third-order valence-electron chi connectivity index (χ3n) is 3.95. The zero-order valence-electron chi connectivity index (χ0n) is 12.0. The van der Waals surface area contributed by atoms with Gasteiger partial charge in [0.1, 0.15) is 0 Å². The predicted octanol–water partition coefficient (Wildman–Crippen LogP) is 2.75. The number of carbonyl (C=O) groups excluding carboxylic acids is 1. The van der Waals surface area contributed by atoms with Gasteiger partial charge >= 0.3 is 5.97 Å². The fourth-order valence-corrected chi connectivity index (χ4v) is 3.62. The number of methoxy groups -OCH3 is 1. The third kappa shape index (κ3) is 2.95. The molecule has 0 radical (unpaired) electrons. The molecule has 2 aromatic rings. The zero-order chi connectivity index (χ0) is 15.7. The second kappa shape index (κ2) is 6.02. The number of nitrogens with zero attached hydrogens (tertiary/aromatic N) is 1. The number of anilines is 1. The summed E-state index contributed by atoms with van der Waals surface area (Å²) in [6, 6.07) is 4.74. The maximum atomic E-state index is 12.2. The van der Waals surface area contributed by atoms with Crippen LogP contribution in [0.5, 0.6) is 0 Å². The van der Waals surface area contributed by atoms with E-state index in [-0.39, 0.29) is 23.5 Å². The molecule has 1 heterocycles. The summed E-state index contributed by atoms with van der Waals surface area (Å²) in [6.07, 6.45) is 2.61. The van der Waals surface area contributed by atoms with Crippen molar-refractivity contribution in [1.29, 1.82) is 0 Å². The van der Waals surface area contributed by atoms with E-state index >= 15 is 0 Å². The predicted molar refractivity (Wildman–Crippen MR) is 83.3 cm³/mol. The highest BCUT2D eigenvalue weighted by molar-refractivity contribution is 7.22. The summed E-state index contributed by atoms with van der Waals surface area (Å²) in [5.41, 5.74) is 0.902. The topological polar surface area (TPSA) is 88.5 Å². The number of hydrogen-bond acceptors (Lipinski definition) is 5. The molecule has 2 unspecified atom stereocenters. The van der Waals surface area contributed by atoms with E-state index in [0.717, 1.165) is 24.0 Å². The van der Waals surface area contributed by atoms with Gasteiger partial charge in [-0.2, -0.15) is 0 Å². The smallest absolute Gasteiger partial charge is 0.335 e. The first-order chi connectivity index (χ1) is 10.6. The summed E-state index contributed by atoms with van der Waals surface area (Å²) in [4.78, 5) is 27.5. The number of thiazole rings is 1. The van der Waals surface area contributed by atoms with Crippen molar-refractivity contribution < 1.29 is 19.4 Å². The fraction of sp³-hybridized carbons (Fsp3) is 0.400. The number of rotatable bonds is 4. The standard InChI is InChI=1S/C15H16N2O4S/c1-21-10-4-2-8(6-10)13(18)17-15-16-11-5-3-9(14(19)20)7-12(11)22-15/h3,5,7-8,10H,2,4,6H2,1H3,(H,19,20)(H,16,17,18). The summed E-state index contributed by atoms with van der Waals surface area (Å²) in [7, 11) is 1.67. The molecular formula is C15H16N2O4S. The van der Waals surface area contributed by atoms with Crippen LogP contribution in [0.25, 0.3) is 10.2 Å². The van der Waals surface area contributed by atoms with Crippen LogP contribution in [0.3, 0.4) is 0 Å². The summed E-state index contributed by atoms with van der Waals surface area (Å²) in [6.45, 7) is 0. The molecule has 2 atom stereocenters. The molecule has 0 saturated heterocycles. The number of benzene rings is 1. The van der Waals surface area contributed by atoms with Gasteiger partial charge in [-0.3, -0.25) is 4.79 Å². The van der Waals surface area contributed by atoms with Crippen LogP contribution in [0.15, 0.2) is 18.2 Å². The Labute approximate surface area is 131 Å². The molecule has 1 saturated carbocycles. The van der Waals surface area contributed by atoms with E-state index in [1.807, 2.05) is 0 Å². The Hall–Kier alpha value is -1.99.